The molecule has 2 saturated heterocycles. The highest BCUT2D eigenvalue weighted by Gasteiger charge is 2.30. The molecule has 4 nitrogen and oxygen atoms in total. The minimum Gasteiger partial charge on any atom is -0.340 e. The van der Waals surface area contributed by atoms with E-state index in [4.69, 9.17) is 11.6 Å². The molecule has 1 atom stereocenters. The molecule has 5 heteroatoms. The molecule has 0 radical (unpaired) electrons. The van der Waals surface area contributed by atoms with Gasteiger partial charge in [-0.25, -0.2) is 0 Å². The van der Waals surface area contributed by atoms with Crippen molar-refractivity contribution in [1.82, 2.24) is 14.7 Å². The molecule has 2 aliphatic heterocycles. The highest BCUT2D eigenvalue weighted by molar-refractivity contribution is 6.30. The summed E-state index contributed by atoms with van der Waals surface area (Å²) < 4.78 is 0. The van der Waals surface area contributed by atoms with Gasteiger partial charge in [-0.2, -0.15) is 0 Å². The first-order valence-corrected chi connectivity index (χ1v) is 9.51. The third-order valence-electron chi connectivity index (χ3n) is 5.28. The van der Waals surface area contributed by atoms with E-state index in [1.807, 2.05) is 18.2 Å². The summed E-state index contributed by atoms with van der Waals surface area (Å²) in [6.07, 6.45) is 2.13. The molecule has 0 N–H and O–H groups in total. The Hall–Kier alpha value is -1.10. The summed E-state index contributed by atoms with van der Waals surface area (Å²) in [5.41, 5.74) is 1.23. The Kier molecular flexibility index (Phi) is 6.14. The van der Waals surface area contributed by atoms with E-state index in [2.05, 4.69) is 27.7 Å². The van der Waals surface area contributed by atoms with Gasteiger partial charge in [0.15, 0.2) is 0 Å². The van der Waals surface area contributed by atoms with Crippen LogP contribution in [0.5, 0.6) is 0 Å². The predicted molar refractivity (Wildman–Crippen MR) is 98.1 cm³/mol. The lowest BCUT2D eigenvalue weighted by molar-refractivity contribution is -0.139. The fraction of sp³-hybridized carbons (Fsp3) is 0.632. The zero-order valence-electron chi connectivity index (χ0n) is 14.6. The minimum absolute atomic E-state index is 0.158. The second-order valence-corrected chi connectivity index (χ2v) is 7.40. The molecule has 0 bridgehead atoms. The molecule has 0 spiro atoms. The Morgan fingerprint density at radius 2 is 1.96 bits per heavy atom. The zero-order valence-corrected chi connectivity index (χ0v) is 15.3. The molecule has 2 fully saturated rings. The van der Waals surface area contributed by atoms with Gasteiger partial charge in [0.05, 0.1) is 5.92 Å². The molecule has 1 amide bonds. The summed E-state index contributed by atoms with van der Waals surface area (Å²) in [5.74, 6) is 0.521. The van der Waals surface area contributed by atoms with Crippen molar-refractivity contribution in [3.8, 4) is 0 Å². The molecule has 3 rings (SSSR count). The lowest BCUT2D eigenvalue weighted by Crippen LogP contribution is -2.52. The van der Waals surface area contributed by atoms with Crippen molar-refractivity contribution >= 4 is 17.5 Å². The van der Waals surface area contributed by atoms with Crippen LogP contribution in [0.25, 0.3) is 0 Å². The number of piperazine rings is 1. The number of hydrogen-bond acceptors (Lipinski definition) is 3. The van der Waals surface area contributed by atoms with Gasteiger partial charge in [0.25, 0.3) is 0 Å². The van der Waals surface area contributed by atoms with Crippen LogP contribution >= 0.6 is 11.6 Å². The van der Waals surface area contributed by atoms with E-state index in [-0.39, 0.29) is 5.92 Å². The first-order valence-electron chi connectivity index (χ1n) is 9.13. The topological polar surface area (TPSA) is 26.8 Å². The number of carbonyl (C=O) groups excluding carboxylic acids is 1. The fourth-order valence-corrected chi connectivity index (χ4v) is 4.05. The number of piperidine rings is 1. The highest BCUT2D eigenvalue weighted by atomic mass is 35.5. The zero-order chi connectivity index (χ0) is 16.9. The molecule has 2 aliphatic rings. The van der Waals surface area contributed by atoms with Crippen LogP contribution in [0.4, 0.5) is 0 Å². The molecule has 0 aromatic heterocycles. The van der Waals surface area contributed by atoms with Crippen LogP contribution in [0.15, 0.2) is 24.3 Å². The second-order valence-electron chi connectivity index (χ2n) is 6.96. The molecule has 0 saturated carbocycles. The Balaban J connectivity index is 1.54. The second kappa shape index (κ2) is 8.32. The van der Waals surface area contributed by atoms with E-state index in [0.717, 1.165) is 70.2 Å². The molecule has 2 heterocycles. The van der Waals surface area contributed by atoms with Gasteiger partial charge in [0.2, 0.25) is 5.91 Å². The van der Waals surface area contributed by atoms with Crippen molar-refractivity contribution in [2.45, 2.75) is 26.3 Å². The number of amides is 1. The number of halogens is 1. The minimum atomic E-state index is 0.158. The van der Waals surface area contributed by atoms with Crippen LogP contribution in [-0.2, 0) is 11.3 Å². The molecule has 1 aromatic rings. The molecule has 24 heavy (non-hydrogen) atoms. The summed E-state index contributed by atoms with van der Waals surface area (Å²) in [6.45, 7) is 9.90. The van der Waals surface area contributed by atoms with Crippen LogP contribution in [0.2, 0.25) is 5.02 Å². The lowest BCUT2D eigenvalue weighted by atomic mass is 9.95. The van der Waals surface area contributed by atoms with Gasteiger partial charge in [-0.1, -0.05) is 30.7 Å². The summed E-state index contributed by atoms with van der Waals surface area (Å²) >= 11 is 6.08. The average Bonchev–Trinajstić information content (AvgIpc) is 2.61. The van der Waals surface area contributed by atoms with Crippen LogP contribution in [0.3, 0.4) is 0 Å². The Bertz CT molecular complexity index is 557. The monoisotopic (exact) mass is 349 g/mol. The number of likely N-dealkylation sites (N-methyl/N-ethyl adjacent to an activating group) is 1. The maximum atomic E-state index is 12.9. The number of rotatable bonds is 4. The number of carbonyl (C=O) groups is 1. The average molecular weight is 350 g/mol. The quantitative estimate of drug-likeness (QED) is 0.836. The third-order valence-corrected chi connectivity index (χ3v) is 5.52. The first kappa shape index (κ1) is 17.7. The van der Waals surface area contributed by atoms with Crippen LogP contribution in [0, 0.1) is 5.92 Å². The summed E-state index contributed by atoms with van der Waals surface area (Å²) in [6, 6.07) is 8.04. The number of hydrogen-bond donors (Lipinski definition) is 0. The van der Waals surface area contributed by atoms with Gasteiger partial charge in [-0.05, 0) is 43.6 Å². The molecular weight excluding hydrogens is 322 g/mol. The van der Waals surface area contributed by atoms with Crippen molar-refractivity contribution in [1.29, 1.82) is 0 Å². The number of likely N-dealkylation sites (tertiary alicyclic amines) is 1. The number of benzene rings is 1. The van der Waals surface area contributed by atoms with E-state index in [1.54, 1.807) is 0 Å². The Morgan fingerprint density at radius 3 is 2.67 bits per heavy atom. The summed E-state index contributed by atoms with van der Waals surface area (Å²) in [4.78, 5) is 19.8. The highest BCUT2D eigenvalue weighted by Crippen LogP contribution is 2.22. The Morgan fingerprint density at radius 1 is 1.17 bits per heavy atom. The molecule has 0 aliphatic carbocycles. The standard InChI is InChI=1S/C19H28ClN3O/c1-2-21-9-11-23(12-10-21)19(24)17-6-4-8-22(15-17)14-16-5-3-7-18(20)13-16/h3,5,7,13,17H,2,4,6,8-12,14-15H2,1H3. The van der Waals surface area contributed by atoms with Gasteiger partial charge < -0.3 is 9.80 Å². The largest absolute Gasteiger partial charge is 0.340 e. The third kappa shape index (κ3) is 4.50. The maximum absolute atomic E-state index is 12.9. The number of nitrogens with zero attached hydrogens (tertiary/aromatic N) is 3. The van der Waals surface area contributed by atoms with Crippen LogP contribution < -0.4 is 0 Å². The van der Waals surface area contributed by atoms with E-state index in [9.17, 15) is 4.79 Å². The maximum Gasteiger partial charge on any atom is 0.227 e. The summed E-state index contributed by atoms with van der Waals surface area (Å²) in [7, 11) is 0. The van der Waals surface area contributed by atoms with Gasteiger partial charge >= 0.3 is 0 Å². The molecule has 132 valence electrons. The van der Waals surface area contributed by atoms with Crippen molar-refractivity contribution < 1.29 is 4.79 Å². The van der Waals surface area contributed by atoms with Crippen molar-refractivity contribution in [2.75, 3.05) is 45.8 Å². The van der Waals surface area contributed by atoms with E-state index < -0.39 is 0 Å². The first-order chi connectivity index (χ1) is 11.7. The van der Waals surface area contributed by atoms with Crippen molar-refractivity contribution in [2.24, 2.45) is 5.92 Å². The Labute approximate surface area is 150 Å². The van der Waals surface area contributed by atoms with E-state index in [1.165, 1.54) is 5.56 Å². The fourth-order valence-electron chi connectivity index (χ4n) is 3.84. The van der Waals surface area contributed by atoms with Crippen molar-refractivity contribution in [3.63, 3.8) is 0 Å². The van der Waals surface area contributed by atoms with Gasteiger partial charge in [-0.3, -0.25) is 9.69 Å². The van der Waals surface area contributed by atoms with Gasteiger partial charge in [-0.15, -0.1) is 0 Å². The smallest absolute Gasteiger partial charge is 0.227 e. The predicted octanol–water partition coefficient (Wildman–Crippen LogP) is 2.72. The lowest BCUT2D eigenvalue weighted by Gasteiger charge is -2.38. The molecular formula is C19H28ClN3O. The normalized spacial score (nSPS) is 23.4. The van der Waals surface area contributed by atoms with Crippen LogP contribution in [-0.4, -0.2) is 66.4 Å². The SMILES string of the molecule is CCN1CCN(C(=O)C2CCCN(Cc3cccc(Cl)c3)C2)CC1. The van der Waals surface area contributed by atoms with E-state index >= 15 is 0 Å². The van der Waals surface area contributed by atoms with Gasteiger partial charge in [0.1, 0.15) is 0 Å². The molecule has 1 unspecified atom stereocenters. The molecule has 1 aromatic carbocycles. The summed E-state index contributed by atoms with van der Waals surface area (Å²) in [5, 5.41) is 0.783. The van der Waals surface area contributed by atoms with Gasteiger partial charge in [0, 0.05) is 44.3 Å². The van der Waals surface area contributed by atoms with Crippen LogP contribution in [0.1, 0.15) is 25.3 Å². The van der Waals surface area contributed by atoms with Crippen molar-refractivity contribution in [3.05, 3.63) is 34.9 Å². The van der Waals surface area contributed by atoms with E-state index in [0.29, 0.717) is 5.91 Å².